The molecule has 5 rings (SSSR count). The van der Waals surface area contributed by atoms with E-state index in [0.717, 1.165) is 16.5 Å². The average Bonchev–Trinajstić information content (AvgIpc) is 3.15. The van der Waals surface area contributed by atoms with Crippen LogP contribution in [0.25, 0.3) is 27.7 Å². The number of fused-ring (bicyclic) bond motifs is 2. The lowest BCUT2D eigenvalue weighted by molar-refractivity contribution is 0.446. The molecule has 0 aliphatic rings. The maximum Gasteiger partial charge on any atom is 0.336 e. The molecule has 0 saturated carbocycles. The van der Waals surface area contributed by atoms with E-state index < -0.39 is 5.63 Å². The van der Waals surface area contributed by atoms with Crippen LogP contribution in [0.1, 0.15) is 0 Å². The zero-order valence-corrected chi connectivity index (χ0v) is 13.8. The van der Waals surface area contributed by atoms with Crippen molar-refractivity contribution in [3.05, 3.63) is 77.2 Å². The van der Waals surface area contributed by atoms with Gasteiger partial charge in [0.05, 0.1) is 0 Å². The van der Waals surface area contributed by atoms with Gasteiger partial charge in [-0.25, -0.2) is 4.79 Å². The second kappa shape index (κ2) is 6.03. The van der Waals surface area contributed by atoms with Crippen LogP contribution in [-0.2, 0) is 0 Å². The van der Waals surface area contributed by atoms with Crippen molar-refractivity contribution in [2.45, 2.75) is 0 Å². The maximum atomic E-state index is 12.0. The van der Waals surface area contributed by atoms with Crippen molar-refractivity contribution in [1.29, 1.82) is 0 Å². The van der Waals surface area contributed by atoms with Crippen LogP contribution in [-0.4, -0.2) is 25.3 Å². The number of hydrogen-bond donors (Lipinski definition) is 0. The van der Waals surface area contributed by atoms with Gasteiger partial charge in [-0.05, 0) is 39.8 Å². The van der Waals surface area contributed by atoms with Gasteiger partial charge in [-0.2, -0.15) is 0 Å². The van der Waals surface area contributed by atoms with E-state index in [1.54, 1.807) is 24.3 Å². The van der Waals surface area contributed by atoms with Crippen molar-refractivity contribution in [3.8, 4) is 22.8 Å². The highest BCUT2D eigenvalue weighted by atomic mass is 16.5. The van der Waals surface area contributed by atoms with Crippen molar-refractivity contribution in [1.82, 2.24) is 25.3 Å². The fourth-order valence-electron chi connectivity index (χ4n) is 2.87. The predicted molar refractivity (Wildman–Crippen MR) is 96.6 cm³/mol. The van der Waals surface area contributed by atoms with Crippen molar-refractivity contribution < 1.29 is 9.15 Å². The summed E-state index contributed by atoms with van der Waals surface area (Å²) < 4.78 is 12.4. The van der Waals surface area contributed by atoms with E-state index in [1.165, 1.54) is 10.7 Å². The van der Waals surface area contributed by atoms with Gasteiger partial charge in [0.25, 0.3) is 0 Å². The van der Waals surface area contributed by atoms with Gasteiger partial charge in [0.15, 0.2) is 5.65 Å². The largest absolute Gasteiger partial charge is 0.437 e. The molecule has 8 heteroatoms. The molecule has 0 bridgehead atoms. The topological polar surface area (TPSA) is 95.4 Å². The highest BCUT2D eigenvalue weighted by Gasteiger charge is 2.10. The Morgan fingerprint density at radius 3 is 2.74 bits per heavy atom. The minimum atomic E-state index is -0.424. The number of ether oxygens (including phenoxy) is 1. The molecule has 0 aliphatic carbocycles. The molecule has 0 atom stereocenters. The van der Waals surface area contributed by atoms with E-state index in [4.69, 9.17) is 9.15 Å². The number of benzene rings is 2. The van der Waals surface area contributed by atoms with Crippen molar-refractivity contribution in [2.24, 2.45) is 0 Å². The van der Waals surface area contributed by atoms with E-state index >= 15 is 0 Å². The molecular weight excluding hydrogens is 346 g/mol. The highest BCUT2D eigenvalue weighted by Crippen LogP contribution is 2.30. The van der Waals surface area contributed by atoms with Gasteiger partial charge in [-0.3, -0.25) is 0 Å². The third-order valence-corrected chi connectivity index (χ3v) is 4.07. The summed E-state index contributed by atoms with van der Waals surface area (Å²) in [5.74, 6) is 0.798. The molecule has 0 saturated heterocycles. The normalized spacial score (nSPS) is 11.1. The van der Waals surface area contributed by atoms with Crippen LogP contribution >= 0.6 is 0 Å². The van der Waals surface area contributed by atoms with Gasteiger partial charge < -0.3 is 9.15 Å². The summed E-state index contributed by atoms with van der Waals surface area (Å²) in [4.78, 5) is 12.0. The lowest BCUT2D eigenvalue weighted by Gasteiger charge is -2.08. The summed E-state index contributed by atoms with van der Waals surface area (Å²) in [7, 11) is 0. The van der Waals surface area contributed by atoms with Gasteiger partial charge in [-0.1, -0.05) is 30.3 Å². The van der Waals surface area contributed by atoms with E-state index in [1.807, 2.05) is 36.4 Å². The van der Waals surface area contributed by atoms with Crippen LogP contribution in [0, 0.1) is 0 Å². The molecule has 8 nitrogen and oxygen atoms in total. The zero-order valence-electron chi connectivity index (χ0n) is 13.8. The molecule has 2 aromatic carbocycles. The van der Waals surface area contributed by atoms with Gasteiger partial charge >= 0.3 is 5.63 Å². The van der Waals surface area contributed by atoms with E-state index in [-0.39, 0.29) is 0 Å². The monoisotopic (exact) mass is 357 g/mol. The molecule has 5 aromatic rings. The van der Waals surface area contributed by atoms with Gasteiger partial charge in [0.2, 0.25) is 5.88 Å². The summed E-state index contributed by atoms with van der Waals surface area (Å²) in [5, 5.41) is 16.0. The lowest BCUT2D eigenvalue weighted by atomic mass is 10.0. The molecule has 3 aromatic heterocycles. The Morgan fingerprint density at radius 2 is 1.85 bits per heavy atom. The summed E-state index contributed by atoms with van der Waals surface area (Å²) >= 11 is 0. The number of tetrazole rings is 1. The molecule has 3 heterocycles. The third kappa shape index (κ3) is 2.78. The minimum absolute atomic E-state index is 0.315. The third-order valence-electron chi connectivity index (χ3n) is 4.07. The standard InChI is InChI=1S/C19H11N5O3/c25-19-11-15(12-4-2-1-3-5-12)14-7-6-13(10-16(14)27-19)26-18-9-8-17-20-22-23-24(17)21-18/h1-11H. The van der Waals surface area contributed by atoms with Crippen molar-refractivity contribution in [3.63, 3.8) is 0 Å². The molecule has 0 fully saturated rings. The summed E-state index contributed by atoms with van der Waals surface area (Å²) in [6.45, 7) is 0. The molecule has 0 radical (unpaired) electrons. The van der Waals surface area contributed by atoms with E-state index in [0.29, 0.717) is 22.9 Å². The molecule has 0 amide bonds. The predicted octanol–water partition coefficient (Wildman–Crippen LogP) is 3.09. The molecule has 130 valence electrons. The molecule has 0 spiro atoms. The molecule has 0 aliphatic heterocycles. The Hall–Kier alpha value is -4.07. The van der Waals surface area contributed by atoms with Crippen LogP contribution in [0.3, 0.4) is 0 Å². The van der Waals surface area contributed by atoms with E-state index in [2.05, 4.69) is 20.6 Å². The summed E-state index contributed by atoms with van der Waals surface area (Å²) in [6, 6.07) is 19.8. The molecule has 0 N–H and O–H groups in total. The quantitative estimate of drug-likeness (QED) is 0.458. The van der Waals surface area contributed by atoms with Crippen molar-refractivity contribution >= 4 is 16.6 Å². The molecule has 27 heavy (non-hydrogen) atoms. The van der Waals surface area contributed by atoms with Crippen LogP contribution in [0.4, 0.5) is 0 Å². The minimum Gasteiger partial charge on any atom is -0.437 e. The highest BCUT2D eigenvalue weighted by molar-refractivity contribution is 5.93. The number of aromatic nitrogens is 5. The first-order valence-corrected chi connectivity index (χ1v) is 8.13. The summed E-state index contributed by atoms with van der Waals surface area (Å²) in [6.07, 6.45) is 0. The van der Waals surface area contributed by atoms with Gasteiger partial charge in [0, 0.05) is 23.6 Å². The Balaban J connectivity index is 1.58. The van der Waals surface area contributed by atoms with Crippen LogP contribution in [0.5, 0.6) is 11.6 Å². The van der Waals surface area contributed by atoms with Gasteiger partial charge in [0.1, 0.15) is 11.3 Å². The number of hydrogen-bond acceptors (Lipinski definition) is 7. The van der Waals surface area contributed by atoms with Crippen LogP contribution < -0.4 is 10.4 Å². The van der Waals surface area contributed by atoms with Crippen molar-refractivity contribution in [2.75, 3.05) is 0 Å². The van der Waals surface area contributed by atoms with Gasteiger partial charge in [-0.15, -0.1) is 14.8 Å². The lowest BCUT2D eigenvalue weighted by Crippen LogP contribution is -1.99. The fourth-order valence-corrected chi connectivity index (χ4v) is 2.87. The second-order valence-electron chi connectivity index (χ2n) is 5.80. The molecular formula is C19H11N5O3. The first-order valence-electron chi connectivity index (χ1n) is 8.13. The SMILES string of the molecule is O=c1cc(-c2ccccc2)c2ccc(Oc3ccc4nnnn4n3)cc2o1. The number of rotatable bonds is 3. The Labute approximate surface area is 151 Å². The maximum absolute atomic E-state index is 12.0. The second-order valence-corrected chi connectivity index (χ2v) is 5.80. The van der Waals surface area contributed by atoms with E-state index in [9.17, 15) is 4.79 Å². The Kier molecular flexibility index (Phi) is 3.39. The summed E-state index contributed by atoms with van der Waals surface area (Å²) in [5.41, 5.74) is 2.27. The molecule has 0 unspecified atom stereocenters. The van der Waals surface area contributed by atoms with Crippen LogP contribution in [0.2, 0.25) is 0 Å². The van der Waals surface area contributed by atoms with Crippen LogP contribution in [0.15, 0.2) is 75.9 Å². The Bertz CT molecular complexity index is 1330. The first-order chi connectivity index (χ1) is 13.3. The fraction of sp³-hybridized carbons (Fsp3) is 0. The average molecular weight is 357 g/mol. The number of nitrogens with zero attached hydrogens (tertiary/aromatic N) is 5. The zero-order chi connectivity index (χ0) is 18.2. The Morgan fingerprint density at radius 1 is 0.963 bits per heavy atom. The smallest absolute Gasteiger partial charge is 0.336 e. The first kappa shape index (κ1) is 15.2.